The van der Waals surface area contributed by atoms with Crippen LogP contribution in [0.1, 0.15) is 32.1 Å². The highest BCUT2D eigenvalue weighted by Gasteiger charge is 2.39. The lowest BCUT2D eigenvalue weighted by Crippen LogP contribution is -2.35. The summed E-state index contributed by atoms with van der Waals surface area (Å²) >= 11 is 4.76. The molecule has 2 fully saturated rings. The molecule has 16 heavy (non-hydrogen) atoms. The first-order valence-corrected chi connectivity index (χ1v) is 6.49. The summed E-state index contributed by atoms with van der Waals surface area (Å²) in [5, 5.41) is 0. The summed E-state index contributed by atoms with van der Waals surface area (Å²) in [6, 6.07) is 0. The van der Waals surface area contributed by atoms with Crippen LogP contribution in [0.5, 0.6) is 0 Å². The van der Waals surface area contributed by atoms with Crippen molar-refractivity contribution in [2.24, 2.45) is 23.5 Å². The van der Waals surface area contributed by atoms with Gasteiger partial charge in [-0.2, -0.15) is 0 Å². The van der Waals surface area contributed by atoms with Crippen molar-refractivity contribution in [2.75, 3.05) is 13.6 Å². The van der Waals surface area contributed by atoms with Crippen molar-refractivity contribution in [2.45, 2.75) is 32.1 Å². The predicted octanol–water partition coefficient (Wildman–Crippen LogP) is 1.56. The second kappa shape index (κ2) is 4.70. The maximum Gasteiger partial charge on any atom is 0.229 e. The number of nitrogens with zero attached hydrogens (tertiary/aromatic N) is 1. The van der Waals surface area contributed by atoms with Crippen molar-refractivity contribution in [1.29, 1.82) is 0 Å². The summed E-state index contributed by atoms with van der Waals surface area (Å²) < 4.78 is 0. The van der Waals surface area contributed by atoms with Gasteiger partial charge in [0.05, 0.1) is 11.4 Å². The molecule has 3 nitrogen and oxygen atoms in total. The Balaban J connectivity index is 1.81. The van der Waals surface area contributed by atoms with Crippen molar-refractivity contribution in [1.82, 2.24) is 4.90 Å². The van der Waals surface area contributed by atoms with Gasteiger partial charge in [0.25, 0.3) is 0 Å². The number of fused-ring (bicyclic) bond motifs is 2. The van der Waals surface area contributed by atoms with E-state index in [1.54, 1.807) is 0 Å². The minimum Gasteiger partial charge on any atom is -0.393 e. The molecule has 2 rings (SSSR count). The van der Waals surface area contributed by atoms with Crippen LogP contribution in [-0.4, -0.2) is 29.4 Å². The smallest absolute Gasteiger partial charge is 0.229 e. The lowest BCUT2D eigenvalue weighted by molar-refractivity contribution is -0.129. The minimum atomic E-state index is 0.0651. The van der Waals surface area contributed by atoms with Crippen LogP contribution in [0.3, 0.4) is 0 Å². The van der Waals surface area contributed by atoms with E-state index in [4.69, 9.17) is 18.0 Å². The molecule has 1 amide bonds. The van der Waals surface area contributed by atoms with E-state index in [2.05, 4.69) is 0 Å². The zero-order valence-electron chi connectivity index (χ0n) is 9.82. The van der Waals surface area contributed by atoms with Gasteiger partial charge in [0.1, 0.15) is 0 Å². The standard InChI is InChI=1S/C12H20N2OS/c1-14(12(15)6-11(13)16)7-10-5-8-2-3-9(10)4-8/h8-10H,2-7H2,1H3,(H2,13,16). The average molecular weight is 240 g/mol. The van der Waals surface area contributed by atoms with Crippen LogP contribution in [0.4, 0.5) is 0 Å². The maximum absolute atomic E-state index is 11.7. The van der Waals surface area contributed by atoms with E-state index < -0.39 is 0 Å². The topological polar surface area (TPSA) is 46.3 Å². The molecular weight excluding hydrogens is 220 g/mol. The molecule has 0 aliphatic heterocycles. The van der Waals surface area contributed by atoms with Crippen LogP contribution in [0.2, 0.25) is 0 Å². The van der Waals surface area contributed by atoms with Crippen LogP contribution in [-0.2, 0) is 4.79 Å². The van der Waals surface area contributed by atoms with Gasteiger partial charge in [0.2, 0.25) is 5.91 Å². The number of hydrogen-bond donors (Lipinski definition) is 1. The van der Waals surface area contributed by atoms with Crippen molar-refractivity contribution >= 4 is 23.1 Å². The van der Waals surface area contributed by atoms with Gasteiger partial charge in [-0.15, -0.1) is 0 Å². The van der Waals surface area contributed by atoms with Gasteiger partial charge in [-0.3, -0.25) is 4.79 Å². The van der Waals surface area contributed by atoms with Gasteiger partial charge in [0.15, 0.2) is 0 Å². The summed E-state index contributed by atoms with van der Waals surface area (Å²) in [6.45, 7) is 0.891. The number of rotatable bonds is 4. The Morgan fingerprint density at radius 3 is 2.69 bits per heavy atom. The van der Waals surface area contributed by atoms with Gasteiger partial charge >= 0.3 is 0 Å². The quantitative estimate of drug-likeness (QED) is 0.759. The number of nitrogens with two attached hydrogens (primary N) is 1. The van der Waals surface area contributed by atoms with E-state index >= 15 is 0 Å². The van der Waals surface area contributed by atoms with E-state index in [1.165, 1.54) is 25.7 Å². The van der Waals surface area contributed by atoms with Crippen LogP contribution < -0.4 is 5.73 Å². The van der Waals surface area contributed by atoms with Crippen molar-refractivity contribution in [3.8, 4) is 0 Å². The van der Waals surface area contributed by atoms with Crippen LogP contribution in [0, 0.1) is 17.8 Å². The number of carbonyl (C=O) groups is 1. The van der Waals surface area contributed by atoms with Crippen LogP contribution >= 0.6 is 12.2 Å². The van der Waals surface area contributed by atoms with Crippen molar-refractivity contribution in [3.05, 3.63) is 0 Å². The summed E-state index contributed by atoms with van der Waals surface area (Å²) in [5.41, 5.74) is 5.38. The first-order valence-electron chi connectivity index (χ1n) is 6.08. The lowest BCUT2D eigenvalue weighted by Gasteiger charge is -2.27. The largest absolute Gasteiger partial charge is 0.393 e. The highest BCUT2D eigenvalue weighted by atomic mass is 32.1. The summed E-state index contributed by atoms with van der Waals surface area (Å²) in [4.78, 5) is 13.8. The molecule has 2 aliphatic rings. The molecule has 3 unspecified atom stereocenters. The predicted molar refractivity (Wildman–Crippen MR) is 68.0 cm³/mol. The molecule has 2 bridgehead atoms. The third kappa shape index (κ3) is 2.54. The highest BCUT2D eigenvalue weighted by Crippen LogP contribution is 2.48. The molecule has 0 radical (unpaired) electrons. The summed E-state index contributed by atoms with van der Waals surface area (Å²) in [5.74, 6) is 2.59. The van der Waals surface area contributed by atoms with Crippen molar-refractivity contribution < 1.29 is 4.79 Å². The van der Waals surface area contributed by atoms with E-state index in [1.807, 2.05) is 11.9 Å². The molecular formula is C12H20N2OS. The third-order valence-electron chi connectivity index (χ3n) is 4.14. The van der Waals surface area contributed by atoms with E-state index in [0.29, 0.717) is 4.99 Å². The zero-order valence-corrected chi connectivity index (χ0v) is 10.6. The molecule has 2 aliphatic carbocycles. The third-order valence-corrected chi connectivity index (χ3v) is 4.29. The van der Waals surface area contributed by atoms with Gasteiger partial charge in [-0.25, -0.2) is 0 Å². The molecule has 0 aromatic rings. The second-order valence-corrected chi connectivity index (χ2v) is 5.88. The Bertz CT molecular complexity index is 305. The Labute approximate surface area is 102 Å². The van der Waals surface area contributed by atoms with Crippen LogP contribution in [0.25, 0.3) is 0 Å². The molecule has 0 spiro atoms. The fourth-order valence-corrected chi connectivity index (χ4v) is 3.46. The van der Waals surface area contributed by atoms with Crippen LogP contribution in [0.15, 0.2) is 0 Å². The molecule has 3 atom stereocenters. The Hall–Kier alpha value is -0.640. The van der Waals surface area contributed by atoms with E-state index in [9.17, 15) is 4.79 Å². The first-order chi connectivity index (χ1) is 7.56. The number of hydrogen-bond acceptors (Lipinski definition) is 2. The van der Waals surface area contributed by atoms with E-state index in [-0.39, 0.29) is 12.3 Å². The van der Waals surface area contributed by atoms with Gasteiger partial charge in [-0.05, 0) is 37.0 Å². The Morgan fingerprint density at radius 1 is 1.44 bits per heavy atom. The SMILES string of the molecule is CN(CC1CC2CCC1C2)C(=O)CC(N)=S. The van der Waals surface area contributed by atoms with Crippen molar-refractivity contribution in [3.63, 3.8) is 0 Å². The van der Waals surface area contributed by atoms with Gasteiger partial charge in [-0.1, -0.05) is 18.6 Å². The second-order valence-electron chi connectivity index (χ2n) is 5.35. The molecule has 90 valence electrons. The Kier molecular flexibility index (Phi) is 3.47. The fraction of sp³-hybridized carbons (Fsp3) is 0.833. The molecule has 0 heterocycles. The first kappa shape index (κ1) is 11.8. The molecule has 0 saturated heterocycles. The minimum absolute atomic E-state index is 0.0651. The Morgan fingerprint density at radius 2 is 2.19 bits per heavy atom. The summed E-state index contributed by atoms with van der Waals surface area (Å²) in [7, 11) is 1.87. The zero-order chi connectivity index (χ0) is 11.7. The number of amides is 1. The average Bonchev–Trinajstić information content (AvgIpc) is 2.77. The van der Waals surface area contributed by atoms with E-state index in [0.717, 1.165) is 24.3 Å². The molecule has 2 N–H and O–H groups in total. The highest BCUT2D eigenvalue weighted by molar-refractivity contribution is 7.80. The molecule has 0 aromatic heterocycles. The fourth-order valence-electron chi connectivity index (χ4n) is 3.34. The summed E-state index contributed by atoms with van der Waals surface area (Å²) in [6.07, 6.45) is 5.70. The maximum atomic E-state index is 11.7. The van der Waals surface area contributed by atoms with Gasteiger partial charge < -0.3 is 10.6 Å². The monoisotopic (exact) mass is 240 g/mol. The number of carbonyl (C=O) groups excluding carboxylic acids is 1. The molecule has 0 aromatic carbocycles. The molecule has 2 saturated carbocycles. The lowest BCUT2D eigenvalue weighted by atomic mass is 9.88. The normalized spacial score (nSPS) is 31.7. The number of thiocarbonyl (C=S) groups is 1. The van der Waals surface area contributed by atoms with Gasteiger partial charge in [0, 0.05) is 13.6 Å². The molecule has 4 heteroatoms.